The van der Waals surface area contributed by atoms with Gasteiger partial charge in [0.1, 0.15) is 17.9 Å². The number of anilines is 1. The fraction of sp³-hybridized carbons (Fsp3) is 0.167. The van der Waals surface area contributed by atoms with Crippen LogP contribution in [0.4, 0.5) is 10.1 Å². The smallest absolute Gasteiger partial charge is 0.237 e. The molecule has 1 atom stereocenters. The van der Waals surface area contributed by atoms with Gasteiger partial charge in [0.05, 0.1) is 18.0 Å². The Morgan fingerprint density at radius 3 is 2.77 bits per heavy atom. The number of rotatable bonds is 6. The second kappa shape index (κ2) is 8.01. The van der Waals surface area contributed by atoms with Gasteiger partial charge in [-0.15, -0.1) is 10.2 Å². The lowest BCUT2D eigenvalue weighted by Crippen LogP contribution is -2.22. The molecule has 3 aromatic rings. The Bertz CT molecular complexity index is 898. The van der Waals surface area contributed by atoms with Crippen LogP contribution in [0.15, 0.2) is 60.0 Å². The molecule has 0 saturated heterocycles. The number of halogens is 1. The Kier molecular flexibility index (Phi) is 5.52. The predicted molar refractivity (Wildman–Crippen MR) is 98.3 cm³/mol. The highest BCUT2D eigenvalue weighted by atomic mass is 32.2. The molecule has 0 aliphatic heterocycles. The molecule has 0 aliphatic rings. The van der Waals surface area contributed by atoms with Crippen molar-refractivity contribution in [1.29, 1.82) is 0 Å². The Morgan fingerprint density at radius 1 is 1.27 bits per heavy atom. The minimum absolute atomic E-state index is 0.207. The molecular weight excluding hydrogens is 355 g/mol. The maximum Gasteiger partial charge on any atom is 0.237 e. The first kappa shape index (κ1) is 17.9. The van der Waals surface area contributed by atoms with Gasteiger partial charge in [0.25, 0.3) is 0 Å². The van der Waals surface area contributed by atoms with E-state index in [9.17, 15) is 9.18 Å². The second-order valence-corrected chi connectivity index (χ2v) is 6.75. The van der Waals surface area contributed by atoms with Gasteiger partial charge in [0.15, 0.2) is 5.16 Å². The number of hydrogen-bond acceptors (Lipinski definition) is 5. The summed E-state index contributed by atoms with van der Waals surface area (Å²) in [6, 6.07) is 13.1. The van der Waals surface area contributed by atoms with Crippen LogP contribution < -0.4 is 10.1 Å². The number of benzene rings is 2. The molecule has 0 spiro atoms. The number of carbonyl (C=O) groups is 1. The van der Waals surface area contributed by atoms with E-state index >= 15 is 0 Å². The maximum absolute atomic E-state index is 13.0. The molecule has 26 heavy (non-hydrogen) atoms. The first-order valence-corrected chi connectivity index (χ1v) is 8.72. The molecule has 0 aliphatic carbocycles. The summed E-state index contributed by atoms with van der Waals surface area (Å²) in [7, 11) is 1.60. The average Bonchev–Trinajstić information content (AvgIpc) is 3.11. The van der Waals surface area contributed by atoms with E-state index in [4.69, 9.17) is 4.74 Å². The molecule has 1 N–H and O–H groups in total. The van der Waals surface area contributed by atoms with Crippen LogP contribution in [0.25, 0.3) is 5.69 Å². The Balaban J connectivity index is 1.71. The third-order valence-electron chi connectivity index (χ3n) is 3.61. The Labute approximate surface area is 154 Å². The van der Waals surface area contributed by atoms with Crippen LogP contribution in [-0.4, -0.2) is 33.0 Å². The van der Waals surface area contributed by atoms with E-state index in [1.54, 1.807) is 24.9 Å². The normalized spacial score (nSPS) is 11.8. The number of amides is 1. The minimum atomic E-state index is -0.423. The average molecular weight is 372 g/mol. The summed E-state index contributed by atoms with van der Waals surface area (Å²) in [4.78, 5) is 12.4. The lowest BCUT2D eigenvalue weighted by atomic mass is 10.3. The lowest BCUT2D eigenvalue weighted by molar-refractivity contribution is -0.115. The molecule has 3 rings (SSSR count). The number of ether oxygens (including phenoxy) is 1. The molecule has 0 radical (unpaired) electrons. The van der Waals surface area contributed by atoms with Crippen molar-refractivity contribution in [3.63, 3.8) is 0 Å². The third-order valence-corrected chi connectivity index (χ3v) is 4.67. The topological polar surface area (TPSA) is 69.0 Å². The van der Waals surface area contributed by atoms with Crippen LogP contribution in [0.5, 0.6) is 5.75 Å². The maximum atomic E-state index is 13.0. The van der Waals surface area contributed by atoms with E-state index in [0.717, 1.165) is 5.69 Å². The van der Waals surface area contributed by atoms with Gasteiger partial charge >= 0.3 is 0 Å². The predicted octanol–water partition coefficient (Wildman–Crippen LogP) is 3.53. The largest absolute Gasteiger partial charge is 0.497 e. The van der Waals surface area contributed by atoms with Crippen LogP contribution >= 0.6 is 11.8 Å². The lowest BCUT2D eigenvalue weighted by Gasteiger charge is -2.13. The summed E-state index contributed by atoms with van der Waals surface area (Å²) >= 11 is 1.28. The van der Waals surface area contributed by atoms with Crippen molar-refractivity contribution in [2.45, 2.75) is 17.3 Å². The van der Waals surface area contributed by atoms with Gasteiger partial charge in [0, 0.05) is 11.8 Å². The van der Waals surface area contributed by atoms with Gasteiger partial charge in [-0.05, 0) is 43.3 Å². The summed E-state index contributed by atoms with van der Waals surface area (Å²) in [6.07, 6.45) is 1.59. The summed E-state index contributed by atoms with van der Waals surface area (Å²) in [6.45, 7) is 1.77. The molecule has 0 bridgehead atoms. The van der Waals surface area contributed by atoms with E-state index in [2.05, 4.69) is 15.5 Å². The summed E-state index contributed by atoms with van der Waals surface area (Å²) in [5.74, 6) is 0.160. The SMILES string of the molecule is COc1cccc(-n2cnnc2S[C@@H](C)C(=O)Nc2ccc(F)cc2)c1. The number of aromatic nitrogens is 3. The fourth-order valence-corrected chi connectivity index (χ4v) is 3.07. The Morgan fingerprint density at radius 2 is 2.04 bits per heavy atom. The quantitative estimate of drug-likeness (QED) is 0.671. The molecule has 1 amide bonds. The van der Waals surface area contributed by atoms with Crippen molar-refractivity contribution in [2.75, 3.05) is 12.4 Å². The highest BCUT2D eigenvalue weighted by molar-refractivity contribution is 8.00. The van der Waals surface area contributed by atoms with Crippen molar-refractivity contribution < 1.29 is 13.9 Å². The highest BCUT2D eigenvalue weighted by Crippen LogP contribution is 2.26. The molecule has 1 heterocycles. The number of nitrogens with one attached hydrogen (secondary N) is 1. The number of methoxy groups -OCH3 is 1. The van der Waals surface area contributed by atoms with Crippen LogP contribution in [-0.2, 0) is 4.79 Å². The van der Waals surface area contributed by atoms with E-state index in [-0.39, 0.29) is 11.7 Å². The number of hydrogen-bond donors (Lipinski definition) is 1. The first-order valence-electron chi connectivity index (χ1n) is 7.84. The van der Waals surface area contributed by atoms with Gasteiger partial charge in [-0.1, -0.05) is 17.8 Å². The molecule has 1 aromatic heterocycles. The van der Waals surface area contributed by atoms with E-state index < -0.39 is 5.25 Å². The summed E-state index contributed by atoms with van der Waals surface area (Å²) in [5, 5.41) is 10.9. The molecule has 0 unspecified atom stereocenters. The van der Waals surface area contributed by atoms with Crippen LogP contribution in [0.2, 0.25) is 0 Å². The van der Waals surface area contributed by atoms with Crippen molar-refractivity contribution in [3.8, 4) is 11.4 Å². The van der Waals surface area contributed by atoms with Crippen molar-refractivity contribution in [1.82, 2.24) is 14.8 Å². The third kappa shape index (κ3) is 4.20. The number of carbonyl (C=O) groups excluding carboxylic acids is 1. The fourth-order valence-electron chi connectivity index (χ4n) is 2.23. The van der Waals surface area contributed by atoms with Crippen LogP contribution in [0.3, 0.4) is 0 Å². The second-order valence-electron chi connectivity index (χ2n) is 5.44. The monoisotopic (exact) mass is 372 g/mol. The van der Waals surface area contributed by atoms with Gasteiger partial charge in [-0.2, -0.15) is 0 Å². The molecule has 2 aromatic carbocycles. The standard InChI is InChI=1S/C18H17FN4O2S/c1-12(17(24)21-14-8-6-13(19)7-9-14)26-18-22-20-11-23(18)15-4-3-5-16(10-15)25-2/h3-12H,1-2H3,(H,21,24)/t12-/m0/s1. The molecule has 0 saturated carbocycles. The summed E-state index contributed by atoms with van der Waals surface area (Å²) in [5.41, 5.74) is 1.38. The number of nitrogens with zero attached hydrogens (tertiary/aromatic N) is 3. The van der Waals surface area contributed by atoms with Crippen LogP contribution in [0, 0.1) is 5.82 Å². The van der Waals surface area contributed by atoms with E-state index in [1.807, 2.05) is 24.3 Å². The van der Waals surface area contributed by atoms with Crippen LogP contribution in [0.1, 0.15) is 6.92 Å². The van der Waals surface area contributed by atoms with Gasteiger partial charge in [-0.25, -0.2) is 4.39 Å². The molecule has 6 nitrogen and oxygen atoms in total. The Hall–Kier alpha value is -2.87. The van der Waals surface area contributed by atoms with E-state index in [1.165, 1.54) is 36.0 Å². The zero-order valence-corrected chi connectivity index (χ0v) is 15.0. The minimum Gasteiger partial charge on any atom is -0.497 e. The van der Waals surface area contributed by atoms with Crippen molar-refractivity contribution in [3.05, 3.63) is 60.7 Å². The highest BCUT2D eigenvalue weighted by Gasteiger charge is 2.18. The molecule has 0 fully saturated rings. The molecule has 8 heteroatoms. The van der Waals surface area contributed by atoms with Gasteiger partial charge in [0.2, 0.25) is 5.91 Å². The van der Waals surface area contributed by atoms with Crippen molar-refractivity contribution in [2.24, 2.45) is 0 Å². The zero-order valence-electron chi connectivity index (χ0n) is 14.2. The molecule has 134 valence electrons. The van der Waals surface area contributed by atoms with Gasteiger partial charge < -0.3 is 10.1 Å². The van der Waals surface area contributed by atoms with Crippen molar-refractivity contribution >= 4 is 23.4 Å². The zero-order chi connectivity index (χ0) is 18.5. The number of thioether (sulfide) groups is 1. The van der Waals surface area contributed by atoms with E-state index in [0.29, 0.717) is 16.6 Å². The summed E-state index contributed by atoms with van der Waals surface area (Å²) < 4.78 is 20.0. The van der Waals surface area contributed by atoms with Gasteiger partial charge in [-0.3, -0.25) is 9.36 Å². The first-order chi connectivity index (χ1) is 12.6. The molecular formula is C18H17FN4O2S.